The lowest BCUT2D eigenvalue weighted by Gasteiger charge is -2.27. The Morgan fingerprint density at radius 3 is 2.63 bits per heavy atom. The number of thioether (sulfide) groups is 1. The smallest absolute Gasteiger partial charge is 0.229 e. The molecule has 3 aliphatic rings. The van der Waals surface area contributed by atoms with E-state index in [1.807, 2.05) is 30.4 Å². The van der Waals surface area contributed by atoms with Crippen molar-refractivity contribution < 1.29 is 0 Å². The lowest BCUT2D eigenvalue weighted by Crippen LogP contribution is -2.39. The van der Waals surface area contributed by atoms with Gasteiger partial charge in [0.05, 0.1) is 5.69 Å². The van der Waals surface area contributed by atoms with E-state index in [2.05, 4.69) is 52.5 Å². The minimum Gasteiger partial charge on any atom is -0.315 e. The van der Waals surface area contributed by atoms with Gasteiger partial charge in [0.1, 0.15) is 0 Å². The van der Waals surface area contributed by atoms with Crippen LogP contribution in [0.4, 0.5) is 11.6 Å². The summed E-state index contributed by atoms with van der Waals surface area (Å²) in [5.74, 6) is 2.47. The Hall–Kier alpha value is -2.44. The van der Waals surface area contributed by atoms with Gasteiger partial charge in [0.2, 0.25) is 5.95 Å². The molecule has 6 rings (SSSR count). The normalized spacial score (nSPS) is 19.0. The number of pyridine rings is 1. The first-order valence-corrected chi connectivity index (χ1v) is 11.8. The number of aromatic nitrogens is 3. The van der Waals surface area contributed by atoms with Crippen LogP contribution < -0.4 is 10.2 Å². The topological polar surface area (TPSA) is 53.9 Å². The summed E-state index contributed by atoms with van der Waals surface area (Å²) in [7, 11) is 0. The summed E-state index contributed by atoms with van der Waals surface area (Å²) in [4.78, 5) is 17.7. The predicted octanol–water partition coefficient (Wildman–Crippen LogP) is 4.52. The van der Waals surface area contributed by atoms with Gasteiger partial charge < -0.3 is 10.2 Å². The molecule has 4 heterocycles. The fraction of sp³-hybridized carbons (Fsp3) is 0.375. The Morgan fingerprint density at radius 1 is 1.10 bits per heavy atom. The number of hydrogen-bond donors (Lipinski definition) is 1. The van der Waals surface area contributed by atoms with Crippen molar-refractivity contribution in [2.24, 2.45) is 0 Å². The molecule has 1 aromatic carbocycles. The fourth-order valence-electron chi connectivity index (χ4n) is 4.65. The molecule has 0 atom stereocenters. The maximum absolute atomic E-state index is 4.77. The SMILES string of the molecule is CCSc1ccc2c(c1)N(c1ncc(-c3cc(C4CNC4)ccn3)cn1)CC21CC1. The van der Waals surface area contributed by atoms with Crippen LogP contribution in [0, 0.1) is 0 Å². The fourth-order valence-corrected chi connectivity index (χ4v) is 5.34. The number of benzene rings is 1. The van der Waals surface area contributed by atoms with Crippen LogP contribution in [0.15, 0.2) is 53.8 Å². The van der Waals surface area contributed by atoms with Gasteiger partial charge in [0, 0.05) is 65.7 Å². The van der Waals surface area contributed by atoms with Crippen LogP contribution in [0.2, 0.25) is 0 Å². The summed E-state index contributed by atoms with van der Waals surface area (Å²) in [5, 5.41) is 3.34. The summed E-state index contributed by atoms with van der Waals surface area (Å²) >= 11 is 1.89. The summed E-state index contributed by atoms with van der Waals surface area (Å²) in [6, 6.07) is 11.2. The Labute approximate surface area is 181 Å². The molecule has 1 saturated heterocycles. The number of anilines is 2. The van der Waals surface area contributed by atoms with Crippen LogP contribution in [0.3, 0.4) is 0 Å². The van der Waals surface area contributed by atoms with Gasteiger partial charge in [-0.25, -0.2) is 9.97 Å². The zero-order chi connectivity index (χ0) is 20.1. The highest BCUT2D eigenvalue weighted by Crippen LogP contribution is 2.58. The van der Waals surface area contributed by atoms with Crippen molar-refractivity contribution in [3.8, 4) is 11.3 Å². The van der Waals surface area contributed by atoms with Crippen LogP contribution in [-0.2, 0) is 5.41 Å². The van der Waals surface area contributed by atoms with Crippen LogP contribution in [0.25, 0.3) is 11.3 Å². The molecule has 3 aromatic rings. The Morgan fingerprint density at radius 2 is 1.93 bits per heavy atom. The van der Waals surface area contributed by atoms with E-state index in [-0.39, 0.29) is 0 Å². The second kappa shape index (κ2) is 7.06. The van der Waals surface area contributed by atoms with Gasteiger partial charge >= 0.3 is 0 Å². The first-order chi connectivity index (χ1) is 14.8. The van der Waals surface area contributed by atoms with Crippen molar-refractivity contribution in [2.75, 3.05) is 30.3 Å². The molecule has 2 fully saturated rings. The van der Waals surface area contributed by atoms with Gasteiger partial charge in [-0.05, 0) is 54.0 Å². The maximum Gasteiger partial charge on any atom is 0.229 e. The summed E-state index contributed by atoms with van der Waals surface area (Å²) in [6.45, 7) is 5.29. The van der Waals surface area contributed by atoms with Crippen molar-refractivity contribution in [3.05, 3.63) is 60.0 Å². The van der Waals surface area contributed by atoms with Gasteiger partial charge in [-0.1, -0.05) is 13.0 Å². The summed E-state index contributed by atoms with van der Waals surface area (Å²) in [5.41, 5.74) is 6.35. The first-order valence-electron chi connectivity index (χ1n) is 10.8. The van der Waals surface area contributed by atoms with E-state index in [4.69, 9.17) is 9.97 Å². The molecule has 1 spiro atoms. The molecule has 0 radical (unpaired) electrons. The van der Waals surface area contributed by atoms with Crippen molar-refractivity contribution in [2.45, 2.75) is 36.0 Å². The minimum atomic E-state index is 0.319. The molecule has 0 bridgehead atoms. The van der Waals surface area contributed by atoms with Gasteiger partial charge in [0.15, 0.2) is 0 Å². The Kier molecular flexibility index (Phi) is 4.32. The van der Waals surface area contributed by atoms with Gasteiger partial charge in [-0.2, -0.15) is 0 Å². The largest absolute Gasteiger partial charge is 0.315 e. The van der Waals surface area contributed by atoms with Crippen LogP contribution >= 0.6 is 11.8 Å². The van der Waals surface area contributed by atoms with E-state index in [0.717, 1.165) is 42.6 Å². The second-order valence-electron chi connectivity index (χ2n) is 8.58. The number of nitrogens with one attached hydrogen (secondary N) is 1. The van der Waals surface area contributed by atoms with E-state index in [1.54, 1.807) is 0 Å². The van der Waals surface area contributed by atoms with Crippen LogP contribution in [0.5, 0.6) is 0 Å². The van der Waals surface area contributed by atoms with E-state index in [0.29, 0.717) is 11.3 Å². The lowest BCUT2D eigenvalue weighted by atomic mass is 9.93. The molecule has 30 heavy (non-hydrogen) atoms. The van der Waals surface area contributed by atoms with Gasteiger partial charge in [-0.15, -0.1) is 11.8 Å². The third-order valence-corrected chi connectivity index (χ3v) is 7.54. The predicted molar refractivity (Wildman–Crippen MR) is 122 cm³/mol. The van der Waals surface area contributed by atoms with Gasteiger partial charge in [-0.3, -0.25) is 4.98 Å². The Bertz CT molecular complexity index is 1090. The molecule has 1 N–H and O–H groups in total. The molecule has 1 aliphatic carbocycles. The van der Waals surface area contributed by atoms with Crippen molar-refractivity contribution in [1.29, 1.82) is 0 Å². The Balaban J connectivity index is 1.31. The first kappa shape index (κ1) is 18.3. The van der Waals surface area contributed by atoms with E-state index in [9.17, 15) is 0 Å². The molecule has 0 unspecified atom stereocenters. The molecule has 5 nitrogen and oxygen atoms in total. The average molecular weight is 416 g/mol. The van der Waals surface area contributed by atoms with Crippen LogP contribution in [0.1, 0.15) is 36.8 Å². The molecule has 2 aromatic heterocycles. The average Bonchev–Trinajstić information content (AvgIpc) is 3.45. The minimum absolute atomic E-state index is 0.319. The van der Waals surface area contributed by atoms with Crippen molar-refractivity contribution >= 4 is 23.4 Å². The molecular formula is C24H25N5S. The molecule has 152 valence electrons. The number of rotatable bonds is 5. The molecule has 6 heteroatoms. The second-order valence-corrected chi connectivity index (χ2v) is 9.92. The maximum atomic E-state index is 4.77. The van der Waals surface area contributed by atoms with Crippen LogP contribution in [-0.4, -0.2) is 40.3 Å². The third kappa shape index (κ3) is 3.01. The zero-order valence-electron chi connectivity index (χ0n) is 17.1. The monoisotopic (exact) mass is 415 g/mol. The van der Waals surface area contributed by atoms with E-state index >= 15 is 0 Å². The standard InChI is InChI=1S/C24H25N5S/c1-2-30-19-3-4-20-22(10-19)29(15-24(20)6-7-24)23-27-13-18(14-28-23)21-9-16(5-8-26-21)17-11-25-12-17/h3-5,8-10,13-14,17,25H,2,6-7,11-12,15H2,1H3. The summed E-state index contributed by atoms with van der Waals surface area (Å²) in [6.07, 6.45) is 8.28. The number of hydrogen-bond acceptors (Lipinski definition) is 6. The highest BCUT2D eigenvalue weighted by Gasteiger charge is 2.52. The van der Waals surface area contributed by atoms with E-state index < -0.39 is 0 Å². The quantitative estimate of drug-likeness (QED) is 0.619. The van der Waals surface area contributed by atoms with Gasteiger partial charge in [0.25, 0.3) is 0 Å². The number of fused-ring (bicyclic) bond motifs is 2. The highest BCUT2D eigenvalue weighted by molar-refractivity contribution is 7.99. The number of nitrogens with zero attached hydrogens (tertiary/aromatic N) is 4. The zero-order valence-corrected chi connectivity index (χ0v) is 18.0. The van der Waals surface area contributed by atoms with Crippen molar-refractivity contribution in [3.63, 3.8) is 0 Å². The highest BCUT2D eigenvalue weighted by atomic mass is 32.2. The molecule has 0 amide bonds. The van der Waals surface area contributed by atoms with Crippen molar-refractivity contribution in [1.82, 2.24) is 20.3 Å². The van der Waals surface area contributed by atoms with E-state index in [1.165, 1.54) is 34.6 Å². The lowest BCUT2D eigenvalue weighted by molar-refractivity contribution is 0.448. The molecular weight excluding hydrogens is 390 g/mol. The summed E-state index contributed by atoms with van der Waals surface area (Å²) < 4.78 is 0. The molecule has 1 saturated carbocycles. The molecule has 2 aliphatic heterocycles. The third-order valence-electron chi connectivity index (χ3n) is 6.67.